The van der Waals surface area contributed by atoms with Crippen LogP contribution in [0.3, 0.4) is 0 Å². The van der Waals surface area contributed by atoms with Gasteiger partial charge in [0.25, 0.3) is 0 Å². The second-order valence-corrected chi connectivity index (χ2v) is 6.93. The molecule has 2 N–H and O–H groups in total. The van der Waals surface area contributed by atoms with Gasteiger partial charge in [-0.1, -0.05) is 23.7 Å². The summed E-state index contributed by atoms with van der Waals surface area (Å²) in [5, 5.41) is 11.5. The molecule has 0 amide bonds. The van der Waals surface area contributed by atoms with Crippen LogP contribution in [0.5, 0.6) is 0 Å². The van der Waals surface area contributed by atoms with E-state index in [9.17, 15) is 4.39 Å². The van der Waals surface area contributed by atoms with E-state index in [1.54, 1.807) is 16.8 Å². The fraction of sp³-hybridized carbons (Fsp3) is 0.0588. The van der Waals surface area contributed by atoms with Crippen molar-refractivity contribution >= 4 is 56.4 Å². The molecule has 3 aromatic rings. The smallest absolute Gasteiger partial charge is 0.176 e. The number of thiocarbonyl (C=S) groups is 1. The third-order valence-electron chi connectivity index (χ3n) is 3.31. The summed E-state index contributed by atoms with van der Waals surface area (Å²) in [4.78, 5) is 0. The van der Waals surface area contributed by atoms with Crippen molar-refractivity contribution < 1.29 is 4.39 Å². The fourth-order valence-corrected chi connectivity index (χ4v) is 2.90. The highest BCUT2D eigenvalue weighted by molar-refractivity contribution is 9.10. The van der Waals surface area contributed by atoms with E-state index < -0.39 is 0 Å². The minimum atomic E-state index is -0.298. The first kappa shape index (κ1) is 17.8. The van der Waals surface area contributed by atoms with Gasteiger partial charge in [-0.15, -0.1) is 0 Å². The van der Waals surface area contributed by atoms with E-state index in [1.807, 2.05) is 30.5 Å². The molecule has 2 aromatic carbocycles. The van der Waals surface area contributed by atoms with Crippen LogP contribution in [0.2, 0.25) is 5.02 Å². The molecule has 0 aliphatic rings. The highest BCUT2D eigenvalue weighted by Gasteiger charge is 2.09. The Morgan fingerprint density at radius 2 is 1.80 bits per heavy atom. The van der Waals surface area contributed by atoms with Crippen molar-refractivity contribution in [3.8, 4) is 0 Å². The van der Waals surface area contributed by atoms with Gasteiger partial charge < -0.3 is 10.6 Å². The maximum atomic E-state index is 12.9. The molecule has 0 atom stereocenters. The van der Waals surface area contributed by atoms with Crippen LogP contribution in [-0.4, -0.2) is 14.9 Å². The third kappa shape index (κ3) is 5.01. The third-order valence-corrected chi connectivity index (χ3v) is 4.35. The summed E-state index contributed by atoms with van der Waals surface area (Å²) in [7, 11) is 0. The maximum Gasteiger partial charge on any atom is 0.176 e. The molecule has 0 aliphatic carbocycles. The van der Waals surface area contributed by atoms with E-state index in [2.05, 4.69) is 31.7 Å². The van der Waals surface area contributed by atoms with E-state index in [-0.39, 0.29) is 5.82 Å². The Morgan fingerprint density at radius 1 is 1.12 bits per heavy atom. The zero-order valence-corrected chi connectivity index (χ0v) is 16.0. The number of benzene rings is 2. The van der Waals surface area contributed by atoms with Crippen LogP contribution < -0.4 is 10.6 Å². The summed E-state index contributed by atoms with van der Waals surface area (Å²) < 4.78 is 15.5. The number of hydrogen-bond donors (Lipinski definition) is 2. The largest absolute Gasteiger partial charge is 0.332 e. The van der Waals surface area contributed by atoms with Crippen molar-refractivity contribution in [2.75, 3.05) is 10.6 Å². The van der Waals surface area contributed by atoms with E-state index in [0.29, 0.717) is 28.2 Å². The lowest BCUT2D eigenvalue weighted by Crippen LogP contribution is -2.19. The summed E-state index contributed by atoms with van der Waals surface area (Å²) in [5.74, 6) is 0.293. The van der Waals surface area contributed by atoms with E-state index in [0.717, 1.165) is 10.0 Å². The van der Waals surface area contributed by atoms with Gasteiger partial charge in [0, 0.05) is 16.9 Å². The summed E-state index contributed by atoms with van der Waals surface area (Å²) in [6, 6.07) is 13.5. The van der Waals surface area contributed by atoms with Gasteiger partial charge in [0.2, 0.25) is 0 Å². The van der Waals surface area contributed by atoms with Crippen LogP contribution in [0.25, 0.3) is 0 Å². The summed E-state index contributed by atoms with van der Waals surface area (Å²) >= 11 is 14.6. The molecule has 0 fully saturated rings. The van der Waals surface area contributed by atoms with Crippen LogP contribution in [-0.2, 0) is 6.54 Å². The van der Waals surface area contributed by atoms with E-state index >= 15 is 0 Å². The molecule has 0 aliphatic heterocycles. The van der Waals surface area contributed by atoms with Crippen molar-refractivity contribution in [2.45, 2.75) is 6.54 Å². The summed E-state index contributed by atoms with van der Waals surface area (Å²) in [6.07, 6.45) is 1.86. The average molecular weight is 440 g/mol. The first-order chi connectivity index (χ1) is 12.0. The molecule has 0 saturated heterocycles. The number of nitrogens with one attached hydrogen (secondary N) is 2. The molecular formula is C17H13BrClFN4S. The Hall–Kier alpha value is -1.96. The standard InChI is InChI=1S/C17H13BrClFN4S/c18-15-10-24(9-11-1-3-12(19)4-2-11)23-16(15)22-17(25)21-14-7-5-13(20)6-8-14/h1-8,10H,9H2,(H2,21,22,23,25). The first-order valence-electron chi connectivity index (χ1n) is 7.30. The molecule has 0 saturated carbocycles. The number of aromatic nitrogens is 2. The lowest BCUT2D eigenvalue weighted by atomic mass is 10.2. The monoisotopic (exact) mass is 438 g/mol. The van der Waals surface area contributed by atoms with Crippen molar-refractivity contribution in [1.82, 2.24) is 9.78 Å². The molecule has 0 bridgehead atoms. The molecule has 8 heteroatoms. The molecule has 1 heterocycles. The van der Waals surface area contributed by atoms with Crippen molar-refractivity contribution in [1.29, 1.82) is 0 Å². The molecule has 0 radical (unpaired) electrons. The Bertz CT molecular complexity index is 881. The second-order valence-electron chi connectivity index (χ2n) is 5.24. The average Bonchev–Trinajstić information content (AvgIpc) is 2.91. The normalized spacial score (nSPS) is 10.5. The van der Waals surface area contributed by atoms with E-state index in [1.165, 1.54) is 12.1 Å². The predicted octanol–water partition coefficient (Wildman–Crippen LogP) is 5.30. The highest BCUT2D eigenvalue weighted by Crippen LogP contribution is 2.21. The molecule has 0 spiro atoms. The Labute approximate surface area is 163 Å². The van der Waals surface area contributed by atoms with Crippen LogP contribution >= 0.6 is 39.7 Å². The molecular weight excluding hydrogens is 427 g/mol. The fourth-order valence-electron chi connectivity index (χ4n) is 2.14. The molecule has 4 nitrogen and oxygen atoms in total. The van der Waals surface area contributed by atoms with Gasteiger partial charge in [-0.3, -0.25) is 4.68 Å². The van der Waals surface area contributed by atoms with Crippen molar-refractivity contribution in [3.05, 3.63) is 75.6 Å². The lowest BCUT2D eigenvalue weighted by molar-refractivity contribution is 0.628. The predicted molar refractivity (Wildman–Crippen MR) is 107 cm³/mol. The number of hydrogen-bond acceptors (Lipinski definition) is 2. The van der Waals surface area contributed by atoms with Gasteiger partial charge in [0.15, 0.2) is 10.9 Å². The van der Waals surface area contributed by atoms with Gasteiger partial charge in [0.1, 0.15) is 5.82 Å². The van der Waals surface area contributed by atoms with Crippen LogP contribution in [0.4, 0.5) is 15.9 Å². The van der Waals surface area contributed by atoms with Gasteiger partial charge >= 0.3 is 0 Å². The topological polar surface area (TPSA) is 41.9 Å². The molecule has 25 heavy (non-hydrogen) atoms. The molecule has 1 aromatic heterocycles. The van der Waals surface area contributed by atoms with Gasteiger partial charge in [0.05, 0.1) is 11.0 Å². The van der Waals surface area contributed by atoms with Gasteiger partial charge in [-0.2, -0.15) is 5.10 Å². The Balaban J connectivity index is 1.64. The SMILES string of the molecule is Fc1ccc(NC(=S)Nc2nn(Cc3ccc(Cl)cc3)cc2Br)cc1. The van der Waals surface area contributed by atoms with Gasteiger partial charge in [-0.05, 0) is 70.1 Å². The molecule has 3 rings (SSSR count). The van der Waals surface area contributed by atoms with E-state index in [4.69, 9.17) is 23.8 Å². The second kappa shape index (κ2) is 7.95. The van der Waals surface area contributed by atoms with Gasteiger partial charge in [-0.25, -0.2) is 4.39 Å². The lowest BCUT2D eigenvalue weighted by Gasteiger charge is -2.09. The maximum absolute atomic E-state index is 12.9. The number of nitrogens with zero attached hydrogens (tertiary/aromatic N) is 2. The summed E-state index contributed by atoms with van der Waals surface area (Å²) in [6.45, 7) is 0.607. The highest BCUT2D eigenvalue weighted by atomic mass is 79.9. The van der Waals surface area contributed by atoms with Crippen LogP contribution in [0, 0.1) is 5.82 Å². The Kier molecular flexibility index (Phi) is 5.67. The zero-order chi connectivity index (χ0) is 17.8. The quantitative estimate of drug-likeness (QED) is 0.542. The number of halogens is 3. The molecule has 0 unspecified atom stereocenters. The van der Waals surface area contributed by atoms with Crippen molar-refractivity contribution in [3.63, 3.8) is 0 Å². The van der Waals surface area contributed by atoms with Crippen LogP contribution in [0.1, 0.15) is 5.56 Å². The van der Waals surface area contributed by atoms with Crippen LogP contribution in [0.15, 0.2) is 59.2 Å². The Morgan fingerprint density at radius 3 is 2.48 bits per heavy atom. The minimum absolute atomic E-state index is 0.298. The summed E-state index contributed by atoms with van der Waals surface area (Å²) in [5.41, 5.74) is 1.77. The first-order valence-corrected chi connectivity index (χ1v) is 8.88. The minimum Gasteiger partial charge on any atom is -0.332 e. The number of rotatable bonds is 4. The van der Waals surface area contributed by atoms with Crippen molar-refractivity contribution in [2.24, 2.45) is 0 Å². The zero-order valence-electron chi connectivity index (χ0n) is 12.8. The molecule has 128 valence electrons. The number of anilines is 2.